The molecule has 0 radical (unpaired) electrons. The van der Waals surface area contributed by atoms with Gasteiger partial charge >= 0.3 is 0 Å². The van der Waals surface area contributed by atoms with Crippen molar-refractivity contribution in [3.05, 3.63) is 33.4 Å². The Kier molecular flexibility index (Phi) is 4.27. The summed E-state index contributed by atoms with van der Waals surface area (Å²) in [4.78, 5) is 24.8. The molecule has 1 aliphatic heterocycles. The van der Waals surface area contributed by atoms with E-state index in [4.69, 9.17) is 0 Å². The molecular weight excluding hydrogens is 270 g/mol. The quantitative estimate of drug-likeness (QED) is 0.682. The molecule has 0 aromatic heterocycles. The van der Waals surface area contributed by atoms with Crippen LogP contribution in [0.3, 0.4) is 0 Å². The van der Waals surface area contributed by atoms with E-state index in [1.54, 1.807) is 30.9 Å². The Morgan fingerprint density at radius 2 is 2.00 bits per heavy atom. The number of nitro groups is 1. The van der Waals surface area contributed by atoms with Crippen LogP contribution in [0.1, 0.15) is 31.4 Å². The van der Waals surface area contributed by atoms with E-state index in [2.05, 4.69) is 5.32 Å². The van der Waals surface area contributed by atoms with E-state index in [-0.39, 0.29) is 28.6 Å². The zero-order valence-electron chi connectivity index (χ0n) is 12.8. The Morgan fingerprint density at radius 1 is 1.33 bits per heavy atom. The largest absolute Gasteiger partial charge is 0.311 e. The van der Waals surface area contributed by atoms with Crippen LogP contribution >= 0.6 is 0 Å². The summed E-state index contributed by atoms with van der Waals surface area (Å²) in [6, 6.07) is 3.36. The van der Waals surface area contributed by atoms with E-state index in [0.717, 1.165) is 17.7 Å². The molecule has 1 atom stereocenters. The molecule has 1 saturated heterocycles. The van der Waals surface area contributed by atoms with Crippen molar-refractivity contribution in [3.63, 3.8) is 0 Å². The van der Waals surface area contributed by atoms with Crippen LogP contribution in [0.15, 0.2) is 12.1 Å². The number of hydrogen-bond acceptors (Lipinski definition) is 4. The Morgan fingerprint density at radius 3 is 2.57 bits per heavy atom. The average molecular weight is 291 g/mol. The van der Waals surface area contributed by atoms with E-state index in [1.165, 1.54) is 0 Å². The number of nitro benzene ring substituents is 1. The second kappa shape index (κ2) is 5.81. The van der Waals surface area contributed by atoms with Crippen molar-refractivity contribution in [1.29, 1.82) is 0 Å². The first-order valence-electron chi connectivity index (χ1n) is 7.14. The monoisotopic (exact) mass is 291 g/mol. The highest BCUT2D eigenvalue weighted by molar-refractivity contribution is 6.00. The van der Waals surface area contributed by atoms with Crippen LogP contribution < -0.4 is 10.2 Å². The van der Waals surface area contributed by atoms with Crippen molar-refractivity contribution >= 4 is 17.3 Å². The van der Waals surface area contributed by atoms with Crippen LogP contribution in [-0.4, -0.2) is 29.5 Å². The molecule has 0 spiro atoms. The summed E-state index contributed by atoms with van der Waals surface area (Å²) in [5.41, 5.74) is 2.20. The van der Waals surface area contributed by atoms with Crippen molar-refractivity contribution in [3.8, 4) is 0 Å². The molecule has 1 amide bonds. The number of carbonyl (C=O) groups is 1. The number of benzene rings is 1. The molecule has 21 heavy (non-hydrogen) atoms. The normalized spacial score (nSPS) is 18.6. The summed E-state index contributed by atoms with van der Waals surface area (Å²) in [5.74, 6) is 0.0417. The zero-order valence-corrected chi connectivity index (χ0v) is 12.8. The first-order valence-corrected chi connectivity index (χ1v) is 7.14. The molecule has 1 unspecified atom stereocenters. The van der Waals surface area contributed by atoms with Gasteiger partial charge in [0.25, 0.3) is 5.69 Å². The molecule has 2 rings (SSSR count). The lowest BCUT2D eigenvalue weighted by Crippen LogP contribution is -2.41. The predicted molar refractivity (Wildman–Crippen MR) is 81.6 cm³/mol. The van der Waals surface area contributed by atoms with Gasteiger partial charge in [0.05, 0.1) is 11.0 Å². The van der Waals surface area contributed by atoms with Gasteiger partial charge in [-0.05, 0) is 31.9 Å². The topological polar surface area (TPSA) is 75.5 Å². The molecule has 1 heterocycles. The molecule has 114 valence electrons. The Labute approximate surface area is 124 Å². The van der Waals surface area contributed by atoms with Crippen molar-refractivity contribution in [2.45, 2.75) is 46.2 Å². The minimum absolute atomic E-state index is 0.0417. The minimum atomic E-state index is -0.388. The highest BCUT2D eigenvalue weighted by Gasteiger charge is 2.33. The van der Waals surface area contributed by atoms with Gasteiger partial charge in [-0.15, -0.1) is 0 Å². The van der Waals surface area contributed by atoms with Gasteiger partial charge in [0.15, 0.2) is 0 Å². The zero-order chi connectivity index (χ0) is 15.7. The summed E-state index contributed by atoms with van der Waals surface area (Å²) in [7, 11) is 0. The molecule has 1 fully saturated rings. The molecule has 1 aromatic carbocycles. The van der Waals surface area contributed by atoms with Crippen molar-refractivity contribution in [2.75, 3.05) is 11.4 Å². The molecule has 1 aliphatic rings. The number of aryl methyl sites for hydroxylation is 2. The maximum Gasteiger partial charge on any atom is 0.272 e. The first-order chi connectivity index (χ1) is 9.81. The first kappa shape index (κ1) is 15.4. The summed E-state index contributed by atoms with van der Waals surface area (Å²) in [5, 5.41) is 14.2. The molecule has 0 bridgehead atoms. The lowest BCUT2D eigenvalue weighted by Gasteiger charge is -2.20. The maximum absolute atomic E-state index is 12.5. The molecule has 1 N–H and O–H groups in total. The minimum Gasteiger partial charge on any atom is -0.311 e. The SMILES string of the molecule is Cc1cc([N+](=O)[O-])c(C)cc1N1CCC(NC(C)C)C1=O. The van der Waals surface area contributed by atoms with Gasteiger partial charge in [-0.25, -0.2) is 0 Å². The van der Waals surface area contributed by atoms with Crippen molar-refractivity contribution in [1.82, 2.24) is 5.32 Å². The fraction of sp³-hybridized carbons (Fsp3) is 0.533. The highest BCUT2D eigenvalue weighted by atomic mass is 16.6. The van der Waals surface area contributed by atoms with Gasteiger partial charge in [-0.2, -0.15) is 0 Å². The number of carbonyl (C=O) groups excluding carboxylic acids is 1. The Balaban J connectivity index is 2.29. The third-order valence-corrected chi connectivity index (χ3v) is 3.74. The number of anilines is 1. The van der Waals surface area contributed by atoms with Gasteiger partial charge in [-0.1, -0.05) is 13.8 Å². The standard InChI is InChI=1S/C15H21N3O3/c1-9(2)16-12-5-6-17(15(12)19)13-7-11(4)14(18(20)21)8-10(13)3/h7-9,12,16H,5-6H2,1-4H3. The van der Waals surface area contributed by atoms with Gasteiger partial charge in [0.1, 0.15) is 0 Å². The summed E-state index contributed by atoms with van der Waals surface area (Å²) in [6.45, 7) is 8.17. The lowest BCUT2D eigenvalue weighted by atomic mass is 10.1. The predicted octanol–water partition coefficient (Wildman–Crippen LogP) is 2.31. The van der Waals surface area contributed by atoms with E-state index in [0.29, 0.717) is 12.1 Å². The number of amides is 1. The Bertz CT molecular complexity index is 584. The van der Waals surface area contributed by atoms with Gasteiger partial charge < -0.3 is 10.2 Å². The third-order valence-electron chi connectivity index (χ3n) is 3.74. The second-order valence-corrected chi connectivity index (χ2v) is 5.83. The highest BCUT2D eigenvalue weighted by Crippen LogP contribution is 2.31. The van der Waals surface area contributed by atoms with Crippen LogP contribution in [0.4, 0.5) is 11.4 Å². The number of rotatable bonds is 4. The molecule has 0 aliphatic carbocycles. The van der Waals surface area contributed by atoms with Crippen LogP contribution in [-0.2, 0) is 4.79 Å². The van der Waals surface area contributed by atoms with Crippen molar-refractivity contribution < 1.29 is 9.72 Å². The van der Waals surface area contributed by atoms with Gasteiger partial charge in [0.2, 0.25) is 5.91 Å². The fourth-order valence-electron chi connectivity index (χ4n) is 2.75. The molecule has 6 heteroatoms. The van der Waals surface area contributed by atoms with E-state index >= 15 is 0 Å². The van der Waals surface area contributed by atoms with E-state index in [9.17, 15) is 14.9 Å². The lowest BCUT2D eigenvalue weighted by molar-refractivity contribution is -0.385. The molecular formula is C15H21N3O3. The van der Waals surface area contributed by atoms with Crippen LogP contribution in [0.25, 0.3) is 0 Å². The fourth-order valence-corrected chi connectivity index (χ4v) is 2.75. The smallest absolute Gasteiger partial charge is 0.272 e. The average Bonchev–Trinajstić information content (AvgIpc) is 2.72. The third kappa shape index (κ3) is 3.05. The number of hydrogen-bond donors (Lipinski definition) is 1. The number of nitrogens with one attached hydrogen (secondary N) is 1. The molecule has 6 nitrogen and oxygen atoms in total. The van der Waals surface area contributed by atoms with Crippen LogP contribution in [0.2, 0.25) is 0 Å². The van der Waals surface area contributed by atoms with E-state index < -0.39 is 0 Å². The van der Waals surface area contributed by atoms with Crippen molar-refractivity contribution in [2.24, 2.45) is 0 Å². The second-order valence-electron chi connectivity index (χ2n) is 5.83. The summed E-state index contributed by atoms with van der Waals surface area (Å²) in [6.07, 6.45) is 0.756. The van der Waals surface area contributed by atoms with Crippen LogP contribution in [0.5, 0.6) is 0 Å². The number of nitrogens with zero attached hydrogens (tertiary/aromatic N) is 2. The van der Waals surface area contributed by atoms with Gasteiger partial charge in [-0.3, -0.25) is 14.9 Å². The molecule has 0 saturated carbocycles. The summed E-state index contributed by atoms with van der Waals surface area (Å²) < 4.78 is 0. The van der Waals surface area contributed by atoms with Gasteiger partial charge in [0, 0.05) is 29.9 Å². The summed E-state index contributed by atoms with van der Waals surface area (Å²) >= 11 is 0. The molecule has 1 aromatic rings. The van der Waals surface area contributed by atoms with E-state index in [1.807, 2.05) is 13.8 Å². The Hall–Kier alpha value is -1.95. The maximum atomic E-state index is 12.5. The van der Waals surface area contributed by atoms with Crippen LogP contribution in [0, 0.1) is 24.0 Å².